The second-order valence-corrected chi connectivity index (χ2v) is 3.82. The Labute approximate surface area is 81.4 Å². The first-order valence-corrected chi connectivity index (χ1v) is 5.27. The van der Waals surface area contributed by atoms with Gasteiger partial charge in [-0.1, -0.05) is 20.3 Å². The van der Waals surface area contributed by atoms with Crippen molar-refractivity contribution in [3.05, 3.63) is 11.8 Å². The molecule has 0 saturated heterocycles. The number of hydrogen-bond donors (Lipinski definition) is 1. The van der Waals surface area contributed by atoms with Crippen molar-refractivity contribution in [2.45, 2.75) is 39.2 Å². The van der Waals surface area contributed by atoms with Crippen molar-refractivity contribution in [3.8, 4) is 0 Å². The molecule has 0 amide bonds. The lowest BCUT2D eigenvalue weighted by Crippen LogP contribution is -2.34. The molecule has 0 spiro atoms. The molecule has 0 bridgehead atoms. The van der Waals surface area contributed by atoms with Crippen LogP contribution in [-0.4, -0.2) is 19.7 Å². The van der Waals surface area contributed by atoms with Gasteiger partial charge in [-0.25, -0.2) is 0 Å². The number of likely N-dealkylation sites (N-methyl/N-ethyl adjacent to an activating group) is 1. The molecular weight excluding hydrogens is 162 g/mol. The predicted molar refractivity (Wildman–Crippen MR) is 55.6 cm³/mol. The summed E-state index contributed by atoms with van der Waals surface area (Å²) in [7, 11) is 2.03. The van der Waals surface area contributed by atoms with E-state index >= 15 is 0 Å². The molecule has 2 unspecified atom stereocenters. The van der Waals surface area contributed by atoms with E-state index in [4.69, 9.17) is 4.74 Å². The van der Waals surface area contributed by atoms with Crippen LogP contribution in [0, 0.1) is 5.92 Å². The van der Waals surface area contributed by atoms with E-state index in [1.165, 1.54) is 24.8 Å². The topological polar surface area (TPSA) is 21.3 Å². The molecule has 1 rings (SSSR count). The molecule has 2 heteroatoms. The zero-order valence-electron chi connectivity index (χ0n) is 8.97. The number of ether oxygens (including phenoxy) is 1. The minimum Gasteiger partial charge on any atom is -0.501 e. The predicted octanol–water partition coefficient (Wildman–Crippen LogP) is 2.31. The Morgan fingerprint density at radius 2 is 2.38 bits per heavy atom. The van der Waals surface area contributed by atoms with Gasteiger partial charge in [0, 0.05) is 6.04 Å². The Morgan fingerprint density at radius 3 is 2.85 bits per heavy atom. The zero-order chi connectivity index (χ0) is 9.68. The van der Waals surface area contributed by atoms with Crippen LogP contribution in [0.25, 0.3) is 0 Å². The first kappa shape index (κ1) is 10.6. The van der Waals surface area contributed by atoms with Crippen LogP contribution in [0.15, 0.2) is 11.8 Å². The van der Waals surface area contributed by atoms with E-state index in [0.717, 1.165) is 6.61 Å². The summed E-state index contributed by atoms with van der Waals surface area (Å²) in [6.45, 7) is 5.41. The summed E-state index contributed by atoms with van der Waals surface area (Å²) in [6.07, 6.45) is 5.52. The Bertz CT molecular complexity index is 177. The maximum absolute atomic E-state index is 5.36. The quantitative estimate of drug-likeness (QED) is 0.722. The van der Waals surface area contributed by atoms with Gasteiger partial charge in [0.05, 0.1) is 12.9 Å². The van der Waals surface area contributed by atoms with Gasteiger partial charge in [-0.15, -0.1) is 0 Å². The molecule has 1 aliphatic heterocycles. The summed E-state index contributed by atoms with van der Waals surface area (Å²) in [5, 5.41) is 3.37. The van der Waals surface area contributed by atoms with Crippen LogP contribution in [0.2, 0.25) is 0 Å². The van der Waals surface area contributed by atoms with Gasteiger partial charge in [0.15, 0.2) is 0 Å². The third kappa shape index (κ3) is 2.73. The van der Waals surface area contributed by atoms with Gasteiger partial charge < -0.3 is 10.1 Å². The van der Waals surface area contributed by atoms with E-state index in [-0.39, 0.29) is 0 Å². The minimum atomic E-state index is 0.505. The van der Waals surface area contributed by atoms with E-state index in [2.05, 4.69) is 19.2 Å². The number of hydrogen-bond acceptors (Lipinski definition) is 2. The molecule has 1 aliphatic rings. The Kier molecular flexibility index (Phi) is 4.29. The standard InChI is InChI=1S/C11H21NO/c1-4-9(2)11(12-3)10-6-5-7-13-8-10/h8-9,11-12H,4-7H2,1-3H3. The summed E-state index contributed by atoms with van der Waals surface area (Å²) < 4.78 is 5.36. The SMILES string of the molecule is CCC(C)C(NC)C1=COCCC1. The van der Waals surface area contributed by atoms with Crippen molar-refractivity contribution in [1.29, 1.82) is 0 Å². The van der Waals surface area contributed by atoms with Gasteiger partial charge in [-0.05, 0) is 31.4 Å². The molecule has 0 saturated carbocycles. The van der Waals surface area contributed by atoms with E-state index in [1.807, 2.05) is 13.3 Å². The van der Waals surface area contributed by atoms with Gasteiger partial charge in [0.25, 0.3) is 0 Å². The molecule has 76 valence electrons. The first-order valence-electron chi connectivity index (χ1n) is 5.27. The molecule has 2 atom stereocenters. The van der Waals surface area contributed by atoms with Crippen molar-refractivity contribution in [1.82, 2.24) is 5.32 Å². The molecular formula is C11H21NO. The molecule has 13 heavy (non-hydrogen) atoms. The number of nitrogens with one attached hydrogen (secondary N) is 1. The third-order valence-electron chi connectivity index (χ3n) is 2.89. The molecule has 0 aromatic rings. The van der Waals surface area contributed by atoms with E-state index in [9.17, 15) is 0 Å². The van der Waals surface area contributed by atoms with Crippen molar-refractivity contribution < 1.29 is 4.74 Å². The van der Waals surface area contributed by atoms with Crippen LogP contribution in [0.3, 0.4) is 0 Å². The van der Waals surface area contributed by atoms with Crippen molar-refractivity contribution in [2.24, 2.45) is 5.92 Å². The van der Waals surface area contributed by atoms with Crippen molar-refractivity contribution in [3.63, 3.8) is 0 Å². The van der Waals surface area contributed by atoms with Crippen LogP contribution < -0.4 is 5.32 Å². The van der Waals surface area contributed by atoms with E-state index in [1.54, 1.807) is 0 Å². The lowest BCUT2D eigenvalue weighted by molar-refractivity contribution is 0.215. The fourth-order valence-electron chi connectivity index (χ4n) is 1.88. The number of rotatable bonds is 4. The Balaban J connectivity index is 2.58. The summed E-state index contributed by atoms with van der Waals surface area (Å²) in [4.78, 5) is 0. The van der Waals surface area contributed by atoms with Gasteiger partial charge in [-0.2, -0.15) is 0 Å². The van der Waals surface area contributed by atoms with Gasteiger partial charge in [0.2, 0.25) is 0 Å². The molecule has 0 aromatic heterocycles. The fraction of sp³-hybridized carbons (Fsp3) is 0.818. The lowest BCUT2D eigenvalue weighted by atomic mass is 9.90. The molecule has 2 nitrogen and oxygen atoms in total. The fourth-order valence-corrected chi connectivity index (χ4v) is 1.88. The third-order valence-corrected chi connectivity index (χ3v) is 2.89. The average molecular weight is 183 g/mol. The zero-order valence-corrected chi connectivity index (χ0v) is 8.97. The smallest absolute Gasteiger partial charge is 0.0876 e. The second kappa shape index (κ2) is 5.28. The summed E-state index contributed by atoms with van der Waals surface area (Å²) in [5.74, 6) is 0.693. The highest BCUT2D eigenvalue weighted by molar-refractivity contribution is 5.11. The van der Waals surface area contributed by atoms with E-state index in [0.29, 0.717) is 12.0 Å². The van der Waals surface area contributed by atoms with Crippen LogP contribution in [-0.2, 0) is 4.74 Å². The molecule has 1 heterocycles. The first-order chi connectivity index (χ1) is 6.29. The second-order valence-electron chi connectivity index (χ2n) is 3.82. The molecule has 0 fully saturated rings. The molecule has 1 N–H and O–H groups in total. The lowest BCUT2D eigenvalue weighted by Gasteiger charge is -2.27. The molecule has 0 aromatic carbocycles. The van der Waals surface area contributed by atoms with Gasteiger partial charge in [-0.3, -0.25) is 0 Å². The monoisotopic (exact) mass is 183 g/mol. The van der Waals surface area contributed by atoms with Gasteiger partial charge in [0.1, 0.15) is 0 Å². The molecule has 0 radical (unpaired) electrons. The highest BCUT2D eigenvalue weighted by Crippen LogP contribution is 2.22. The maximum atomic E-state index is 5.36. The highest BCUT2D eigenvalue weighted by Gasteiger charge is 2.19. The van der Waals surface area contributed by atoms with Crippen LogP contribution in [0.1, 0.15) is 33.1 Å². The van der Waals surface area contributed by atoms with Gasteiger partial charge >= 0.3 is 0 Å². The molecule has 0 aliphatic carbocycles. The van der Waals surface area contributed by atoms with Crippen LogP contribution in [0.4, 0.5) is 0 Å². The Morgan fingerprint density at radius 1 is 1.62 bits per heavy atom. The van der Waals surface area contributed by atoms with Crippen molar-refractivity contribution in [2.75, 3.05) is 13.7 Å². The normalized spacial score (nSPS) is 21.6. The van der Waals surface area contributed by atoms with Crippen LogP contribution >= 0.6 is 0 Å². The summed E-state index contributed by atoms with van der Waals surface area (Å²) in [6, 6.07) is 0.505. The minimum absolute atomic E-state index is 0.505. The summed E-state index contributed by atoms with van der Waals surface area (Å²) in [5.41, 5.74) is 1.43. The van der Waals surface area contributed by atoms with Crippen molar-refractivity contribution >= 4 is 0 Å². The Hall–Kier alpha value is -0.500. The maximum Gasteiger partial charge on any atom is 0.0876 e. The van der Waals surface area contributed by atoms with Crippen LogP contribution in [0.5, 0.6) is 0 Å². The van der Waals surface area contributed by atoms with E-state index < -0.39 is 0 Å². The largest absolute Gasteiger partial charge is 0.501 e. The summed E-state index contributed by atoms with van der Waals surface area (Å²) >= 11 is 0. The average Bonchev–Trinajstić information content (AvgIpc) is 2.20. The highest BCUT2D eigenvalue weighted by atomic mass is 16.5.